The van der Waals surface area contributed by atoms with E-state index < -0.39 is 0 Å². The van der Waals surface area contributed by atoms with Gasteiger partial charge in [-0.15, -0.1) is 0 Å². The van der Waals surface area contributed by atoms with Crippen LogP contribution in [-0.2, 0) is 14.3 Å². The highest BCUT2D eigenvalue weighted by molar-refractivity contribution is 5.77. The SMILES string of the molecule is COC(=O)[C@H]1CCC2C3CC4(CC4)C4NC(=O)CC[C@]4(C)C3CC[C@@]21C. The smallest absolute Gasteiger partial charge is 0.309 e. The van der Waals surface area contributed by atoms with Crippen molar-refractivity contribution >= 4 is 11.9 Å². The molecule has 1 saturated heterocycles. The monoisotopic (exact) mass is 359 g/mol. The molecule has 0 aromatic carbocycles. The van der Waals surface area contributed by atoms with Gasteiger partial charge in [0.2, 0.25) is 5.91 Å². The lowest BCUT2D eigenvalue weighted by molar-refractivity contribution is -0.160. The average molecular weight is 360 g/mol. The fraction of sp³-hybridized carbons (Fsp3) is 0.909. The summed E-state index contributed by atoms with van der Waals surface area (Å²) in [4.78, 5) is 24.6. The van der Waals surface area contributed by atoms with Crippen LogP contribution >= 0.6 is 0 Å². The van der Waals surface area contributed by atoms with Gasteiger partial charge in [-0.3, -0.25) is 9.59 Å². The van der Waals surface area contributed by atoms with Crippen LogP contribution < -0.4 is 5.32 Å². The Bertz CT molecular complexity index is 656. The zero-order valence-corrected chi connectivity index (χ0v) is 16.5. The lowest BCUT2D eigenvalue weighted by Crippen LogP contribution is -2.65. The third kappa shape index (κ3) is 2.02. The summed E-state index contributed by atoms with van der Waals surface area (Å²) >= 11 is 0. The van der Waals surface area contributed by atoms with Crippen LogP contribution in [0.5, 0.6) is 0 Å². The van der Waals surface area contributed by atoms with Gasteiger partial charge < -0.3 is 10.1 Å². The molecule has 0 radical (unpaired) electrons. The molecule has 5 fully saturated rings. The average Bonchev–Trinajstić information content (AvgIpc) is 3.29. The van der Waals surface area contributed by atoms with Crippen LogP contribution in [0.1, 0.15) is 71.6 Å². The molecular formula is C22H33NO3. The second-order valence-electron chi connectivity index (χ2n) is 10.6. The largest absolute Gasteiger partial charge is 0.469 e. The van der Waals surface area contributed by atoms with Crippen molar-refractivity contribution < 1.29 is 14.3 Å². The van der Waals surface area contributed by atoms with E-state index in [9.17, 15) is 9.59 Å². The van der Waals surface area contributed by atoms with Crippen LogP contribution in [0.3, 0.4) is 0 Å². The van der Waals surface area contributed by atoms with Crippen molar-refractivity contribution in [3.05, 3.63) is 0 Å². The summed E-state index contributed by atoms with van der Waals surface area (Å²) in [5, 5.41) is 3.44. The number of piperidine rings is 1. The second kappa shape index (κ2) is 5.26. The van der Waals surface area contributed by atoms with Gasteiger partial charge >= 0.3 is 5.97 Å². The van der Waals surface area contributed by atoms with Crippen molar-refractivity contribution in [3.8, 4) is 0 Å². The van der Waals surface area contributed by atoms with Gasteiger partial charge in [0.25, 0.3) is 0 Å². The minimum atomic E-state index is 0.0133. The zero-order chi connectivity index (χ0) is 18.3. The first-order chi connectivity index (χ1) is 12.3. The van der Waals surface area contributed by atoms with E-state index >= 15 is 0 Å². The molecule has 1 heterocycles. The summed E-state index contributed by atoms with van der Waals surface area (Å²) in [6.45, 7) is 4.85. The van der Waals surface area contributed by atoms with Crippen LogP contribution in [0.15, 0.2) is 0 Å². The molecule has 4 nitrogen and oxygen atoms in total. The molecule has 26 heavy (non-hydrogen) atoms. The molecule has 5 rings (SSSR count). The molecule has 5 aliphatic rings. The van der Waals surface area contributed by atoms with E-state index in [-0.39, 0.29) is 28.6 Å². The van der Waals surface area contributed by atoms with Gasteiger partial charge in [-0.2, -0.15) is 0 Å². The Balaban J connectivity index is 1.50. The number of hydrogen-bond acceptors (Lipinski definition) is 3. The molecular weight excluding hydrogens is 326 g/mol. The van der Waals surface area contributed by atoms with Crippen molar-refractivity contribution in [2.45, 2.75) is 77.7 Å². The number of nitrogens with one attached hydrogen (secondary N) is 1. The number of amides is 1. The van der Waals surface area contributed by atoms with Gasteiger partial charge in [0, 0.05) is 12.5 Å². The maximum Gasteiger partial charge on any atom is 0.309 e. The number of ether oxygens (including phenoxy) is 1. The topological polar surface area (TPSA) is 55.4 Å². The van der Waals surface area contributed by atoms with E-state index in [2.05, 4.69) is 19.2 Å². The van der Waals surface area contributed by atoms with Crippen molar-refractivity contribution in [2.24, 2.45) is 39.9 Å². The molecule has 144 valence electrons. The summed E-state index contributed by atoms with van der Waals surface area (Å²) in [7, 11) is 1.54. The summed E-state index contributed by atoms with van der Waals surface area (Å²) in [5.41, 5.74) is 0.719. The quantitative estimate of drug-likeness (QED) is 0.727. The Morgan fingerprint density at radius 3 is 2.46 bits per heavy atom. The highest BCUT2D eigenvalue weighted by Crippen LogP contribution is 2.72. The standard InChI is InChI=1S/C22H33NO3/c1-20-8-6-15-13(14(20)4-5-16(20)18(25)26-3)12-22(10-11-22)19-21(15,2)9-7-17(24)23-19/h13-16,19H,4-12H2,1-3H3,(H,23,24)/t13?,14?,15?,16-,19?,20+,21-/m1/s1. The first kappa shape index (κ1) is 17.1. The first-order valence-electron chi connectivity index (χ1n) is 10.7. The van der Waals surface area contributed by atoms with Crippen molar-refractivity contribution in [2.75, 3.05) is 7.11 Å². The Kier molecular flexibility index (Phi) is 3.45. The molecule has 0 aromatic heterocycles. The number of carbonyl (C=O) groups is 2. The van der Waals surface area contributed by atoms with Gasteiger partial charge in [-0.25, -0.2) is 0 Å². The molecule has 1 amide bonds. The predicted molar refractivity (Wildman–Crippen MR) is 98.1 cm³/mol. The van der Waals surface area contributed by atoms with E-state index in [1.165, 1.54) is 32.1 Å². The molecule has 1 N–H and O–H groups in total. The number of fused-ring (bicyclic) bond motifs is 6. The van der Waals surface area contributed by atoms with Gasteiger partial charge in [-0.05, 0) is 85.4 Å². The fourth-order valence-corrected chi connectivity index (χ4v) is 8.34. The molecule has 7 atom stereocenters. The number of rotatable bonds is 1. The van der Waals surface area contributed by atoms with Gasteiger partial charge in [0.1, 0.15) is 0 Å². The Morgan fingerprint density at radius 2 is 1.77 bits per heavy atom. The lowest BCUT2D eigenvalue weighted by Gasteiger charge is -2.62. The summed E-state index contributed by atoms with van der Waals surface area (Å²) in [6.07, 6.45) is 10.1. The highest BCUT2D eigenvalue weighted by atomic mass is 16.5. The minimum Gasteiger partial charge on any atom is -0.469 e. The normalized spacial score (nSPS) is 51.0. The van der Waals surface area contributed by atoms with Crippen molar-refractivity contribution in [1.82, 2.24) is 5.32 Å². The van der Waals surface area contributed by atoms with Crippen molar-refractivity contribution in [3.63, 3.8) is 0 Å². The third-order valence-electron chi connectivity index (χ3n) is 9.77. The van der Waals surface area contributed by atoms with Crippen LogP contribution in [0.2, 0.25) is 0 Å². The van der Waals surface area contributed by atoms with E-state index in [1.807, 2.05) is 0 Å². The Labute approximate surface area is 156 Å². The zero-order valence-electron chi connectivity index (χ0n) is 16.5. The predicted octanol–water partition coefficient (Wildman–Crippen LogP) is 3.69. The van der Waals surface area contributed by atoms with E-state index in [0.29, 0.717) is 29.7 Å². The molecule has 0 aromatic rings. The molecule has 1 spiro atoms. The molecule has 4 saturated carbocycles. The molecule has 4 aliphatic carbocycles. The maximum atomic E-state index is 12.4. The van der Waals surface area contributed by atoms with Crippen LogP contribution in [0.4, 0.5) is 0 Å². The van der Waals surface area contributed by atoms with E-state index in [0.717, 1.165) is 25.2 Å². The highest BCUT2D eigenvalue weighted by Gasteiger charge is 2.69. The van der Waals surface area contributed by atoms with Crippen LogP contribution in [0.25, 0.3) is 0 Å². The Morgan fingerprint density at radius 1 is 1.04 bits per heavy atom. The molecule has 1 aliphatic heterocycles. The van der Waals surface area contributed by atoms with E-state index in [1.54, 1.807) is 7.11 Å². The van der Waals surface area contributed by atoms with Gasteiger partial charge in [0.05, 0.1) is 13.0 Å². The first-order valence-corrected chi connectivity index (χ1v) is 10.7. The number of hydrogen-bond donors (Lipinski definition) is 1. The number of methoxy groups -OCH3 is 1. The maximum absolute atomic E-state index is 12.4. The second-order valence-corrected chi connectivity index (χ2v) is 10.6. The summed E-state index contributed by atoms with van der Waals surface area (Å²) in [6, 6.07) is 0.389. The van der Waals surface area contributed by atoms with Crippen molar-refractivity contribution in [1.29, 1.82) is 0 Å². The van der Waals surface area contributed by atoms with Gasteiger partial charge in [0.15, 0.2) is 0 Å². The van der Waals surface area contributed by atoms with E-state index in [4.69, 9.17) is 4.74 Å². The molecule has 0 bridgehead atoms. The Hall–Kier alpha value is -1.06. The summed E-state index contributed by atoms with van der Waals surface area (Å²) in [5.74, 6) is 2.45. The third-order valence-corrected chi connectivity index (χ3v) is 9.77. The summed E-state index contributed by atoms with van der Waals surface area (Å²) < 4.78 is 5.17. The fourth-order valence-electron chi connectivity index (χ4n) is 8.34. The minimum absolute atomic E-state index is 0.0133. The molecule has 4 unspecified atom stereocenters. The lowest BCUT2D eigenvalue weighted by atomic mass is 9.44. The van der Waals surface area contributed by atoms with Gasteiger partial charge in [-0.1, -0.05) is 13.8 Å². The molecule has 4 heteroatoms. The number of esters is 1. The van der Waals surface area contributed by atoms with Crippen LogP contribution in [-0.4, -0.2) is 25.0 Å². The number of carbonyl (C=O) groups excluding carboxylic acids is 2. The van der Waals surface area contributed by atoms with Crippen LogP contribution in [0, 0.1) is 39.9 Å².